The Hall–Kier alpha value is -0.780. The van der Waals surface area contributed by atoms with E-state index in [1.165, 1.54) is 25.7 Å². The van der Waals surface area contributed by atoms with Gasteiger partial charge in [0.15, 0.2) is 0 Å². The third-order valence-electron chi connectivity index (χ3n) is 3.21. The highest BCUT2D eigenvalue weighted by atomic mass is 14.2. The van der Waals surface area contributed by atoms with Crippen LogP contribution in [0.3, 0.4) is 0 Å². The Kier molecular flexibility index (Phi) is 2.68. The summed E-state index contributed by atoms with van der Waals surface area (Å²) in [5.74, 6) is 1.77. The van der Waals surface area contributed by atoms with Gasteiger partial charge < -0.3 is 0 Å². The van der Waals surface area contributed by atoms with E-state index in [-0.39, 0.29) is 0 Å². The van der Waals surface area contributed by atoms with Crippen molar-refractivity contribution in [2.45, 2.75) is 38.5 Å². The van der Waals surface area contributed by atoms with Crippen LogP contribution in [0.2, 0.25) is 0 Å². The van der Waals surface area contributed by atoms with Crippen LogP contribution >= 0.6 is 0 Å². The van der Waals surface area contributed by atoms with Crippen LogP contribution in [0.4, 0.5) is 0 Å². The van der Waals surface area contributed by atoms with Crippen molar-refractivity contribution in [1.29, 1.82) is 0 Å². The minimum Gasteiger partial charge on any atom is -0.0625 e. The highest BCUT2D eigenvalue weighted by Gasteiger charge is 2.19. The molecule has 0 heteroatoms. The summed E-state index contributed by atoms with van der Waals surface area (Å²) in [6.45, 7) is 2.38. The lowest BCUT2D eigenvalue weighted by atomic mass is 9.79. The molecule has 70 valence electrons. The summed E-state index contributed by atoms with van der Waals surface area (Å²) in [4.78, 5) is 0. The topological polar surface area (TPSA) is 0 Å². The van der Waals surface area contributed by atoms with Gasteiger partial charge in [0.2, 0.25) is 0 Å². The van der Waals surface area contributed by atoms with Gasteiger partial charge >= 0.3 is 0 Å². The second-order valence-corrected chi connectivity index (χ2v) is 4.38. The van der Waals surface area contributed by atoms with E-state index in [1.807, 2.05) is 0 Å². The summed E-state index contributed by atoms with van der Waals surface area (Å²) in [7, 11) is 0. The Labute approximate surface area is 81.0 Å². The Morgan fingerprint density at radius 3 is 2.54 bits per heavy atom. The van der Waals surface area contributed by atoms with Gasteiger partial charge in [0, 0.05) is 0 Å². The summed E-state index contributed by atoms with van der Waals surface area (Å²) in [5, 5.41) is 0. The molecule has 0 aliphatic heterocycles. The number of hydrogen-bond acceptors (Lipinski definition) is 0. The molecule has 0 bridgehead atoms. The van der Waals surface area contributed by atoms with Crippen LogP contribution in [0, 0.1) is 5.92 Å². The van der Waals surface area contributed by atoms with Gasteiger partial charge in [-0.25, -0.2) is 0 Å². The molecular weight excluding hydrogens is 156 g/mol. The van der Waals surface area contributed by atoms with E-state index in [9.17, 15) is 0 Å². The molecule has 2 atom stereocenters. The first-order valence-electron chi connectivity index (χ1n) is 5.41. The molecule has 13 heavy (non-hydrogen) atoms. The average Bonchev–Trinajstić information content (AvgIpc) is 2.19. The molecule has 1 aromatic rings. The van der Waals surface area contributed by atoms with E-state index in [4.69, 9.17) is 0 Å². The molecule has 1 fully saturated rings. The summed E-state index contributed by atoms with van der Waals surface area (Å²) in [5.41, 5.74) is 1.55. The lowest BCUT2D eigenvalue weighted by Crippen LogP contribution is -2.11. The first kappa shape index (κ1) is 8.80. The highest BCUT2D eigenvalue weighted by molar-refractivity contribution is 5.19. The number of hydrogen-bond donors (Lipinski definition) is 0. The fourth-order valence-electron chi connectivity index (χ4n) is 2.46. The minimum atomic E-state index is 0.838. The highest BCUT2D eigenvalue weighted by Crippen LogP contribution is 2.35. The molecule has 0 radical (unpaired) electrons. The number of rotatable bonds is 1. The maximum absolute atomic E-state index is 2.38. The maximum atomic E-state index is 2.38. The van der Waals surface area contributed by atoms with Crippen LogP contribution in [0.1, 0.15) is 44.1 Å². The summed E-state index contributed by atoms with van der Waals surface area (Å²) < 4.78 is 0. The van der Waals surface area contributed by atoms with E-state index in [0.717, 1.165) is 11.8 Å². The zero-order valence-corrected chi connectivity index (χ0v) is 8.37. The first-order chi connectivity index (χ1) is 6.36. The third-order valence-corrected chi connectivity index (χ3v) is 3.21. The van der Waals surface area contributed by atoms with Crippen LogP contribution in [-0.2, 0) is 0 Å². The van der Waals surface area contributed by atoms with Gasteiger partial charge in [-0.1, -0.05) is 50.1 Å². The fourth-order valence-corrected chi connectivity index (χ4v) is 2.46. The molecule has 2 rings (SSSR count). The van der Waals surface area contributed by atoms with Crippen molar-refractivity contribution in [2.75, 3.05) is 0 Å². The smallest absolute Gasteiger partial charge is 0.0159 e. The zero-order valence-electron chi connectivity index (χ0n) is 8.37. The predicted octanol–water partition coefficient (Wildman–Crippen LogP) is 3.98. The van der Waals surface area contributed by atoms with Crippen molar-refractivity contribution in [1.82, 2.24) is 0 Å². The summed E-state index contributed by atoms with van der Waals surface area (Å²) >= 11 is 0. The predicted molar refractivity (Wildman–Crippen MR) is 56.8 cm³/mol. The van der Waals surface area contributed by atoms with E-state index in [2.05, 4.69) is 37.3 Å². The molecule has 0 amide bonds. The molecule has 0 heterocycles. The lowest BCUT2D eigenvalue weighted by molar-refractivity contribution is 0.344. The fraction of sp³-hybridized carbons (Fsp3) is 0.538. The van der Waals surface area contributed by atoms with E-state index in [1.54, 1.807) is 5.56 Å². The molecule has 0 spiro atoms. The van der Waals surface area contributed by atoms with Crippen LogP contribution in [0.15, 0.2) is 30.3 Å². The zero-order chi connectivity index (χ0) is 9.10. The van der Waals surface area contributed by atoms with Crippen LogP contribution in [0.5, 0.6) is 0 Å². The first-order valence-corrected chi connectivity index (χ1v) is 5.41. The van der Waals surface area contributed by atoms with Gasteiger partial charge in [0.1, 0.15) is 0 Å². The molecular formula is C13H18. The molecule has 0 N–H and O–H groups in total. The van der Waals surface area contributed by atoms with Gasteiger partial charge in [0.25, 0.3) is 0 Å². The van der Waals surface area contributed by atoms with E-state index >= 15 is 0 Å². The SMILES string of the molecule is CC1CCCC(c2ccccc2)C1. The van der Waals surface area contributed by atoms with Crippen LogP contribution in [0.25, 0.3) is 0 Å². The van der Waals surface area contributed by atoms with Crippen molar-refractivity contribution in [3.63, 3.8) is 0 Å². The van der Waals surface area contributed by atoms with Gasteiger partial charge in [-0.2, -0.15) is 0 Å². The summed E-state index contributed by atoms with van der Waals surface area (Å²) in [6.07, 6.45) is 5.64. The van der Waals surface area contributed by atoms with Crippen molar-refractivity contribution in [3.8, 4) is 0 Å². The standard InChI is InChI=1S/C13H18/c1-11-6-5-9-13(10-11)12-7-3-2-4-8-12/h2-4,7-8,11,13H,5-6,9-10H2,1H3. The van der Waals surface area contributed by atoms with Gasteiger partial charge in [-0.3, -0.25) is 0 Å². The van der Waals surface area contributed by atoms with Crippen molar-refractivity contribution < 1.29 is 0 Å². The second kappa shape index (κ2) is 3.95. The Morgan fingerprint density at radius 1 is 1.08 bits per heavy atom. The molecule has 0 aromatic heterocycles. The molecule has 1 aromatic carbocycles. The molecule has 0 saturated heterocycles. The monoisotopic (exact) mass is 174 g/mol. The molecule has 1 aliphatic carbocycles. The molecule has 2 unspecified atom stereocenters. The third kappa shape index (κ3) is 2.12. The molecule has 1 saturated carbocycles. The number of benzene rings is 1. The Morgan fingerprint density at radius 2 is 1.85 bits per heavy atom. The molecule has 0 nitrogen and oxygen atoms in total. The van der Waals surface area contributed by atoms with Crippen LogP contribution < -0.4 is 0 Å². The van der Waals surface area contributed by atoms with Gasteiger partial charge in [0.05, 0.1) is 0 Å². The van der Waals surface area contributed by atoms with Crippen molar-refractivity contribution in [3.05, 3.63) is 35.9 Å². The van der Waals surface area contributed by atoms with E-state index < -0.39 is 0 Å². The lowest BCUT2D eigenvalue weighted by Gasteiger charge is -2.26. The van der Waals surface area contributed by atoms with Crippen LogP contribution in [-0.4, -0.2) is 0 Å². The van der Waals surface area contributed by atoms with Crippen molar-refractivity contribution >= 4 is 0 Å². The van der Waals surface area contributed by atoms with Gasteiger partial charge in [-0.05, 0) is 30.2 Å². The average molecular weight is 174 g/mol. The Balaban J connectivity index is 2.08. The largest absolute Gasteiger partial charge is 0.0625 e. The Bertz CT molecular complexity index is 250. The molecule has 1 aliphatic rings. The van der Waals surface area contributed by atoms with E-state index in [0.29, 0.717) is 0 Å². The maximum Gasteiger partial charge on any atom is -0.0159 e. The van der Waals surface area contributed by atoms with Crippen molar-refractivity contribution in [2.24, 2.45) is 5.92 Å². The normalized spacial score (nSPS) is 28.7. The quantitative estimate of drug-likeness (QED) is 0.604. The second-order valence-electron chi connectivity index (χ2n) is 4.38. The minimum absolute atomic E-state index is 0.838. The summed E-state index contributed by atoms with van der Waals surface area (Å²) in [6, 6.07) is 11.0. The van der Waals surface area contributed by atoms with Gasteiger partial charge in [-0.15, -0.1) is 0 Å².